The van der Waals surface area contributed by atoms with Crippen LogP contribution in [0.1, 0.15) is 12.7 Å². The minimum absolute atomic E-state index is 0.0688. The molecule has 7 nitrogen and oxygen atoms in total. The average molecular weight is 454 g/mol. The van der Waals surface area contributed by atoms with E-state index >= 15 is 0 Å². The Balaban J connectivity index is 1.92. The molecular weight excluding hydrogens is 434 g/mol. The number of sulfonamides is 1. The number of hydrogen-bond donors (Lipinski definition) is 1. The Kier molecular flexibility index (Phi) is 5.73. The van der Waals surface area contributed by atoms with Gasteiger partial charge in [-0.3, -0.25) is 0 Å². The summed E-state index contributed by atoms with van der Waals surface area (Å²) in [6, 6.07) is 10.7. The first-order valence-electron chi connectivity index (χ1n) is 8.26. The second-order valence-corrected chi connectivity index (χ2v) is 8.31. The SMILES string of the molecule is CCn1c(CNS(=O)(=O)c2cc(OC)c(OC)cc2Br)nc2ccccc21. The van der Waals surface area contributed by atoms with Crippen LogP contribution in [-0.4, -0.2) is 32.2 Å². The van der Waals surface area contributed by atoms with Crippen LogP contribution in [0.5, 0.6) is 11.5 Å². The van der Waals surface area contributed by atoms with Gasteiger partial charge in [-0.05, 0) is 41.1 Å². The highest BCUT2D eigenvalue weighted by Crippen LogP contribution is 2.35. The molecule has 1 aromatic heterocycles. The molecule has 3 aromatic rings. The summed E-state index contributed by atoms with van der Waals surface area (Å²) in [6.07, 6.45) is 0. The fraction of sp³-hybridized carbons (Fsp3) is 0.278. The predicted molar refractivity (Wildman–Crippen MR) is 107 cm³/mol. The number of ether oxygens (including phenoxy) is 2. The van der Waals surface area contributed by atoms with Crippen molar-refractivity contribution in [1.29, 1.82) is 0 Å². The largest absolute Gasteiger partial charge is 0.493 e. The van der Waals surface area contributed by atoms with Crippen molar-refractivity contribution in [3.8, 4) is 11.5 Å². The number of aromatic nitrogens is 2. The Labute approximate surface area is 166 Å². The molecule has 9 heteroatoms. The number of fused-ring (bicyclic) bond motifs is 1. The highest BCUT2D eigenvalue weighted by atomic mass is 79.9. The summed E-state index contributed by atoms with van der Waals surface area (Å²) >= 11 is 3.29. The summed E-state index contributed by atoms with van der Waals surface area (Å²) in [6.45, 7) is 2.76. The van der Waals surface area contributed by atoms with Crippen LogP contribution in [0.2, 0.25) is 0 Å². The van der Waals surface area contributed by atoms with Gasteiger partial charge in [0.15, 0.2) is 11.5 Å². The monoisotopic (exact) mass is 453 g/mol. The first-order valence-corrected chi connectivity index (χ1v) is 10.5. The van der Waals surface area contributed by atoms with Crippen molar-refractivity contribution in [2.24, 2.45) is 0 Å². The zero-order chi connectivity index (χ0) is 19.6. The molecule has 0 bridgehead atoms. The van der Waals surface area contributed by atoms with Gasteiger partial charge in [-0.2, -0.15) is 0 Å². The second kappa shape index (κ2) is 7.87. The van der Waals surface area contributed by atoms with Crippen molar-refractivity contribution in [3.05, 3.63) is 46.7 Å². The summed E-state index contributed by atoms with van der Waals surface area (Å²) in [5.74, 6) is 1.43. The number of imidazole rings is 1. The molecule has 0 aliphatic rings. The van der Waals surface area contributed by atoms with Gasteiger partial charge in [-0.1, -0.05) is 12.1 Å². The number of nitrogens with one attached hydrogen (secondary N) is 1. The van der Waals surface area contributed by atoms with E-state index < -0.39 is 10.0 Å². The number of halogens is 1. The van der Waals surface area contributed by atoms with Crippen LogP contribution < -0.4 is 14.2 Å². The summed E-state index contributed by atoms with van der Waals surface area (Å²) in [5.41, 5.74) is 1.81. The van der Waals surface area contributed by atoms with E-state index in [-0.39, 0.29) is 11.4 Å². The fourth-order valence-electron chi connectivity index (χ4n) is 2.89. The third kappa shape index (κ3) is 3.80. The summed E-state index contributed by atoms with van der Waals surface area (Å²) in [7, 11) is -0.845. The fourth-order valence-corrected chi connectivity index (χ4v) is 4.91. The minimum Gasteiger partial charge on any atom is -0.493 e. The van der Waals surface area contributed by atoms with Gasteiger partial charge in [0.2, 0.25) is 10.0 Å². The predicted octanol–water partition coefficient (Wildman–Crippen LogP) is 3.31. The molecular formula is C18H20BrN3O4S. The van der Waals surface area contributed by atoms with Crippen molar-refractivity contribution < 1.29 is 17.9 Å². The molecule has 0 radical (unpaired) electrons. The van der Waals surface area contributed by atoms with Gasteiger partial charge in [-0.15, -0.1) is 0 Å². The highest BCUT2D eigenvalue weighted by molar-refractivity contribution is 9.10. The third-order valence-corrected chi connectivity index (χ3v) is 6.56. The number of nitrogens with zero attached hydrogens (tertiary/aromatic N) is 2. The van der Waals surface area contributed by atoms with Crippen LogP contribution in [0.25, 0.3) is 11.0 Å². The first kappa shape index (κ1) is 19.7. The Morgan fingerprint density at radius 3 is 2.48 bits per heavy atom. The van der Waals surface area contributed by atoms with Gasteiger partial charge in [-0.25, -0.2) is 18.1 Å². The maximum atomic E-state index is 12.8. The van der Waals surface area contributed by atoms with Gasteiger partial charge in [0.05, 0.1) is 31.8 Å². The zero-order valence-electron chi connectivity index (χ0n) is 15.2. The maximum absolute atomic E-state index is 12.8. The topological polar surface area (TPSA) is 82.5 Å². The number of aryl methyl sites for hydroxylation is 1. The van der Waals surface area contributed by atoms with Gasteiger partial charge < -0.3 is 14.0 Å². The van der Waals surface area contributed by atoms with Crippen molar-refractivity contribution in [2.45, 2.75) is 24.9 Å². The minimum atomic E-state index is -3.79. The zero-order valence-corrected chi connectivity index (χ0v) is 17.6. The smallest absolute Gasteiger partial charge is 0.242 e. The number of methoxy groups -OCH3 is 2. The molecule has 3 rings (SSSR count). The molecule has 2 aromatic carbocycles. The van der Waals surface area contributed by atoms with Crippen molar-refractivity contribution in [1.82, 2.24) is 14.3 Å². The van der Waals surface area contributed by atoms with Crippen LogP contribution in [0.4, 0.5) is 0 Å². The van der Waals surface area contributed by atoms with Crippen molar-refractivity contribution in [3.63, 3.8) is 0 Å². The molecule has 0 spiro atoms. The standard InChI is InChI=1S/C18H20BrN3O4S/c1-4-22-14-8-6-5-7-13(14)21-18(22)11-20-27(23,24)17-10-16(26-3)15(25-2)9-12(17)19/h5-10,20H,4,11H2,1-3H3. The average Bonchev–Trinajstić information content (AvgIpc) is 3.03. The molecule has 0 aliphatic heterocycles. The lowest BCUT2D eigenvalue weighted by Gasteiger charge is -2.13. The van der Waals surface area contributed by atoms with E-state index in [0.717, 1.165) is 11.0 Å². The van der Waals surface area contributed by atoms with Crippen LogP contribution >= 0.6 is 15.9 Å². The Hall–Kier alpha value is -2.10. The van der Waals surface area contributed by atoms with E-state index in [1.54, 1.807) is 6.07 Å². The van der Waals surface area contributed by atoms with E-state index in [9.17, 15) is 8.42 Å². The lowest BCUT2D eigenvalue weighted by Crippen LogP contribution is -2.25. The number of benzene rings is 2. The Morgan fingerprint density at radius 2 is 1.81 bits per heavy atom. The van der Waals surface area contributed by atoms with Crippen LogP contribution in [0.3, 0.4) is 0 Å². The first-order chi connectivity index (χ1) is 12.9. The van der Waals surface area contributed by atoms with Gasteiger partial charge >= 0.3 is 0 Å². The molecule has 0 saturated carbocycles. The van der Waals surface area contributed by atoms with Crippen molar-refractivity contribution >= 4 is 37.0 Å². The molecule has 0 atom stereocenters. The van der Waals surface area contributed by atoms with E-state index in [2.05, 4.69) is 25.6 Å². The number of hydrogen-bond acceptors (Lipinski definition) is 5. The van der Waals surface area contributed by atoms with E-state index in [4.69, 9.17) is 9.47 Å². The molecule has 0 amide bonds. The number of rotatable bonds is 7. The highest BCUT2D eigenvalue weighted by Gasteiger charge is 2.22. The second-order valence-electron chi connectivity index (χ2n) is 5.72. The lowest BCUT2D eigenvalue weighted by molar-refractivity contribution is 0.353. The molecule has 1 heterocycles. The van der Waals surface area contributed by atoms with Gasteiger partial charge in [0, 0.05) is 17.1 Å². The quantitative estimate of drug-likeness (QED) is 0.593. The molecule has 0 saturated heterocycles. The maximum Gasteiger partial charge on any atom is 0.242 e. The molecule has 27 heavy (non-hydrogen) atoms. The van der Waals surface area contributed by atoms with Crippen molar-refractivity contribution in [2.75, 3.05) is 14.2 Å². The number of para-hydroxylation sites is 2. The molecule has 1 N–H and O–H groups in total. The summed E-state index contributed by atoms with van der Waals surface area (Å²) in [4.78, 5) is 4.61. The van der Waals surface area contributed by atoms with E-state index in [0.29, 0.717) is 28.3 Å². The van der Waals surface area contributed by atoms with Crippen LogP contribution in [0, 0.1) is 0 Å². The Bertz CT molecular complexity index is 1080. The molecule has 0 fully saturated rings. The van der Waals surface area contributed by atoms with E-state index in [1.807, 2.05) is 35.8 Å². The van der Waals surface area contributed by atoms with Crippen LogP contribution in [0.15, 0.2) is 45.8 Å². The summed E-state index contributed by atoms with van der Waals surface area (Å²) in [5, 5.41) is 0. The third-order valence-electron chi connectivity index (χ3n) is 4.20. The normalized spacial score (nSPS) is 11.7. The lowest BCUT2D eigenvalue weighted by atomic mass is 10.3. The summed E-state index contributed by atoms with van der Waals surface area (Å²) < 4.78 is 41.1. The van der Waals surface area contributed by atoms with E-state index in [1.165, 1.54) is 20.3 Å². The van der Waals surface area contributed by atoms with Crippen LogP contribution in [-0.2, 0) is 23.1 Å². The van der Waals surface area contributed by atoms with Gasteiger partial charge in [0.1, 0.15) is 10.7 Å². The Morgan fingerprint density at radius 1 is 1.15 bits per heavy atom. The molecule has 144 valence electrons. The van der Waals surface area contributed by atoms with Gasteiger partial charge in [0.25, 0.3) is 0 Å². The molecule has 0 unspecified atom stereocenters. The molecule has 0 aliphatic carbocycles.